The zero-order chi connectivity index (χ0) is 15.4. The molecular weight excluding hydrogens is 274 g/mol. The van der Waals surface area contributed by atoms with Crippen molar-refractivity contribution in [2.75, 3.05) is 25.5 Å². The smallest absolute Gasteiger partial charge is 0.133 e. The monoisotopic (exact) mass is 295 g/mol. The highest BCUT2D eigenvalue weighted by Gasteiger charge is 2.15. The van der Waals surface area contributed by atoms with Gasteiger partial charge in [0.2, 0.25) is 0 Å². The number of rotatable bonds is 4. The van der Waals surface area contributed by atoms with Gasteiger partial charge in [-0.3, -0.25) is 9.88 Å². The number of hydrogen-bond donors (Lipinski definition) is 1. The third-order valence-electron chi connectivity index (χ3n) is 3.90. The molecule has 0 saturated carbocycles. The van der Waals surface area contributed by atoms with Crippen molar-refractivity contribution in [2.45, 2.75) is 19.9 Å². The number of pyridine rings is 1. The molecule has 1 aliphatic heterocycles. The molecule has 0 bridgehead atoms. The molecule has 3 heterocycles. The van der Waals surface area contributed by atoms with E-state index in [2.05, 4.69) is 37.3 Å². The van der Waals surface area contributed by atoms with Crippen molar-refractivity contribution in [1.29, 1.82) is 0 Å². The Kier molecular flexibility index (Phi) is 4.44. The van der Waals surface area contributed by atoms with Crippen molar-refractivity contribution < 1.29 is 0 Å². The van der Waals surface area contributed by atoms with Gasteiger partial charge in [-0.2, -0.15) is 0 Å². The van der Waals surface area contributed by atoms with Crippen LogP contribution in [0.2, 0.25) is 0 Å². The fourth-order valence-corrected chi connectivity index (χ4v) is 2.71. The maximum absolute atomic E-state index is 4.45. The lowest BCUT2D eigenvalue weighted by Gasteiger charge is -2.26. The molecule has 22 heavy (non-hydrogen) atoms. The van der Waals surface area contributed by atoms with Crippen LogP contribution in [0.15, 0.2) is 36.7 Å². The van der Waals surface area contributed by atoms with Crippen LogP contribution in [-0.4, -0.2) is 40.0 Å². The summed E-state index contributed by atoms with van der Waals surface area (Å²) >= 11 is 0. The molecule has 3 rings (SSSR count). The summed E-state index contributed by atoms with van der Waals surface area (Å²) in [4.78, 5) is 15.6. The van der Waals surface area contributed by atoms with Crippen LogP contribution < -0.4 is 5.32 Å². The van der Waals surface area contributed by atoms with Crippen molar-refractivity contribution in [3.05, 3.63) is 53.8 Å². The topological polar surface area (TPSA) is 53.9 Å². The second-order valence-corrected chi connectivity index (χ2v) is 5.47. The predicted octanol–water partition coefficient (Wildman–Crippen LogP) is 2.51. The predicted molar refractivity (Wildman–Crippen MR) is 88.4 cm³/mol. The van der Waals surface area contributed by atoms with Gasteiger partial charge in [-0.25, -0.2) is 9.97 Å². The Morgan fingerprint density at radius 1 is 1.27 bits per heavy atom. The molecule has 0 radical (unpaired) electrons. The SMILES string of the molecule is CNc1nc(C)ncc1CN1CC=C(c2ccccn2)CC1. The van der Waals surface area contributed by atoms with Crippen LogP contribution in [0, 0.1) is 6.92 Å². The summed E-state index contributed by atoms with van der Waals surface area (Å²) in [7, 11) is 1.90. The van der Waals surface area contributed by atoms with E-state index in [1.807, 2.05) is 38.5 Å². The molecule has 2 aromatic heterocycles. The number of nitrogens with zero attached hydrogens (tertiary/aromatic N) is 4. The molecule has 5 heteroatoms. The lowest BCUT2D eigenvalue weighted by Crippen LogP contribution is -2.28. The Morgan fingerprint density at radius 2 is 2.18 bits per heavy atom. The largest absolute Gasteiger partial charge is 0.373 e. The average molecular weight is 295 g/mol. The summed E-state index contributed by atoms with van der Waals surface area (Å²) in [5.41, 5.74) is 3.57. The first-order valence-corrected chi connectivity index (χ1v) is 7.59. The van der Waals surface area contributed by atoms with E-state index in [1.54, 1.807) is 0 Å². The zero-order valence-electron chi connectivity index (χ0n) is 13.1. The lowest BCUT2D eigenvalue weighted by atomic mass is 10.0. The molecule has 114 valence electrons. The first kappa shape index (κ1) is 14.7. The second-order valence-electron chi connectivity index (χ2n) is 5.47. The summed E-state index contributed by atoms with van der Waals surface area (Å²) in [5.74, 6) is 1.72. The van der Waals surface area contributed by atoms with Gasteiger partial charge in [0.1, 0.15) is 11.6 Å². The highest BCUT2D eigenvalue weighted by molar-refractivity contribution is 5.63. The van der Waals surface area contributed by atoms with Crippen molar-refractivity contribution >= 4 is 11.4 Å². The first-order chi connectivity index (χ1) is 10.8. The number of aromatic nitrogens is 3. The fourth-order valence-electron chi connectivity index (χ4n) is 2.71. The standard InChI is InChI=1S/C17H21N5/c1-13-20-11-15(17(18-2)21-13)12-22-9-6-14(7-10-22)16-5-3-4-8-19-16/h3-6,8,11H,7,9-10,12H2,1-2H3,(H,18,20,21). The maximum Gasteiger partial charge on any atom is 0.133 e. The Morgan fingerprint density at radius 3 is 2.86 bits per heavy atom. The van der Waals surface area contributed by atoms with Crippen LogP contribution in [0.25, 0.3) is 5.57 Å². The van der Waals surface area contributed by atoms with Crippen molar-refractivity contribution in [3.63, 3.8) is 0 Å². The number of anilines is 1. The number of hydrogen-bond acceptors (Lipinski definition) is 5. The van der Waals surface area contributed by atoms with Crippen LogP contribution >= 0.6 is 0 Å². The quantitative estimate of drug-likeness (QED) is 0.939. The number of nitrogens with one attached hydrogen (secondary N) is 1. The lowest BCUT2D eigenvalue weighted by molar-refractivity contribution is 0.293. The van der Waals surface area contributed by atoms with Gasteiger partial charge in [-0.1, -0.05) is 12.1 Å². The Balaban J connectivity index is 1.68. The van der Waals surface area contributed by atoms with Gasteiger partial charge in [0.25, 0.3) is 0 Å². The van der Waals surface area contributed by atoms with Gasteiger partial charge in [0.05, 0.1) is 5.69 Å². The molecule has 0 atom stereocenters. The number of aryl methyl sites for hydroxylation is 1. The highest BCUT2D eigenvalue weighted by Crippen LogP contribution is 2.22. The summed E-state index contributed by atoms with van der Waals surface area (Å²) in [6, 6.07) is 6.07. The molecule has 1 N–H and O–H groups in total. The second kappa shape index (κ2) is 6.66. The van der Waals surface area contributed by atoms with Crippen LogP contribution in [0.4, 0.5) is 5.82 Å². The molecule has 0 saturated heterocycles. The summed E-state index contributed by atoms with van der Waals surface area (Å²) in [6.45, 7) is 4.73. The minimum absolute atomic E-state index is 0.795. The first-order valence-electron chi connectivity index (χ1n) is 7.59. The van der Waals surface area contributed by atoms with Gasteiger partial charge in [0, 0.05) is 44.6 Å². The Labute approximate surface area is 131 Å². The minimum Gasteiger partial charge on any atom is -0.373 e. The fraction of sp³-hybridized carbons (Fsp3) is 0.353. The average Bonchev–Trinajstić information content (AvgIpc) is 2.58. The molecule has 0 unspecified atom stereocenters. The van der Waals surface area contributed by atoms with E-state index in [1.165, 1.54) is 5.57 Å². The minimum atomic E-state index is 0.795. The summed E-state index contributed by atoms with van der Waals surface area (Å²) < 4.78 is 0. The third-order valence-corrected chi connectivity index (χ3v) is 3.90. The van der Waals surface area contributed by atoms with Crippen LogP contribution in [0.5, 0.6) is 0 Å². The van der Waals surface area contributed by atoms with E-state index in [4.69, 9.17) is 0 Å². The molecule has 0 spiro atoms. The summed E-state index contributed by atoms with van der Waals surface area (Å²) in [6.07, 6.45) is 7.08. The summed E-state index contributed by atoms with van der Waals surface area (Å²) in [5, 5.41) is 3.16. The molecule has 0 aliphatic carbocycles. The van der Waals surface area contributed by atoms with E-state index in [0.29, 0.717) is 0 Å². The Hall–Kier alpha value is -2.27. The van der Waals surface area contributed by atoms with Crippen molar-refractivity contribution in [2.24, 2.45) is 0 Å². The Bertz CT molecular complexity index is 666. The molecule has 2 aromatic rings. The third kappa shape index (κ3) is 3.31. The molecule has 5 nitrogen and oxygen atoms in total. The van der Waals surface area contributed by atoms with E-state index in [-0.39, 0.29) is 0 Å². The van der Waals surface area contributed by atoms with Crippen LogP contribution in [0.1, 0.15) is 23.5 Å². The zero-order valence-corrected chi connectivity index (χ0v) is 13.1. The molecule has 0 fully saturated rings. The van der Waals surface area contributed by atoms with E-state index >= 15 is 0 Å². The van der Waals surface area contributed by atoms with Crippen LogP contribution in [0.3, 0.4) is 0 Å². The molecule has 1 aliphatic rings. The van der Waals surface area contributed by atoms with E-state index in [9.17, 15) is 0 Å². The van der Waals surface area contributed by atoms with Gasteiger partial charge >= 0.3 is 0 Å². The van der Waals surface area contributed by atoms with Crippen LogP contribution in [-0.2, 0) is 6.54 Å². The van der Waals surface area contributed by atoms with E-state index in [0.717, 1.165) is 49.0 Å². The van der Waals surface area contributed by atoms with Crippen molar-refractivity contribution in [1.82, 2.24) is 19.9 Å². The van der Waals surface area contributed by atoms with Crippen molar-refractivity contribution in [3.8, 4) is 0 Å². The van der Waals surface area contributed by atoms with E-state index < -0.39 is 0 Å². The highest BCUT2D eigenvalue weighted by atomic mass is 15.1. The molecular formula is C17H21N5. The maximum atomic E-state index is 4.45. The molecule has 0 aromatic carbocycles. The molecule has 0 amide bonds. The van der Waals surface area contributed by atoms with Gasteiger partial charge in [-0.05, 0) is 31.1 Å². The van der Waals surface area contributed by atoms with Gasteiger partial charge < -0.3 is 5.32 Å². The normalized spacial score (nSPS) is 15.5. The van der Waals surface area contributed by atoms with Gasteiger partial charge in [0.15, 0.2) is 0 Å². The van der Waals surface area contributed by atoms with Gasteiger partial charge in [-0.15, -0.1) is 0 Å².